The van der Waals surface area contributed by atoms with Gasteiger partial charge in [-0.3, -0.25) is 10.1 Å². The number of alkyl halides is 3. The van der Waals surface area contributed by atoms with E-state index in [1.165, 1.54) is 0 Å². The van der Waals surface area contributed by atoms with Crippen LogP contribution in [0.25, 0.3) is 0 Å². The molecular formula is C13H7BrF3NO2S. The van der Waals surface area contributed by atoms with Crippen LogP contribution in [-0.2, 0) is 6.18 Å². The Bertz CT molecular complexity index is 677. The third-order valence-electron chi connectivity index (χ3n) is 2.53. The van der Waals surface area contributed by atoms with Gasteiger partial charge in [-0.1, -0.05) is 30.0 Å². The summed E-state index contributed by atoms with van der Waals surface area (Å²) in [7, 11) is 0. The molecule has 2 aromatic carbocycles. The first-order chi connectivity index (χ1) is 9.80. The van der Waals surface area contributed by atoms with Gasteiger partial charge in [-0.05, 0) is 34.1 Å². The summed E-state index contributed by atoms with van der Waals surface area (Å²) in [6.45, 7) is 0. The molecule has 0 N–H and O–H groups in total. The average Bonchev–Trinajstić information content (AvgIpc) is 2.38. The fraction of sp³-hybridized carbons (Fsp3) is 0.0769. The highest BCUT2D eigenvalue weighted by molar-refractivity contribution is 9.10. The average molecular weight is 378 g/mol. The molecule has 0 radical (unpaired) electrons. The lowest BCUT2D eigenvalue weighted by Gasteiger charge is -2.14. The Hall–Kier alpha value is -1.54. The lowest BCUT2D eigenvalue weighted by atomic mass is 10.2. The third kappa shape index (κ3) is 3.56. The number of benzene rings is 2. The van der Waals surface area contributed by atoms with Crippen molar-refractivity contribution in [2.75, 3.05) is 0 Å². The number of nitro groups is 1. The van der Waals surface area contributed by atoms with Crippen LogP contribution in [0.5, 0.6) is 0 Å². The van der Waals surface area contributed by atoms with E-state index < -0.39 is 26.8 Å². The summed E-state index contributed by atoms with van der Waals surface area (Å²) in [5.41, 5.74) is -1.65. The third-order valence-corrected chi connectivity index (χ3v) is 4.41. The number of nitrogens with zero attached hydrogens (tertiary/aromatic N) is 1. The number of hydrogen-bond donors (Lipinski definition) is 0. The van der Waals surface area contributed by atoms with Gasteiger partial charge in [0.25, 0.3) is 5.69 Å². The molecule has 0 bridgehead atoms. The summed E-state index contributed by atoms with van der Waals surface area (Å²) in [5.74, 6) is 0. The summed E-state index contributed by atoms with van der Waals surface area (Å²) in [5, 5.41) is 10.8. The molecule has 8 heteroatoms. The van der Waals surface area contributed by atoms with Crippen LogP contribution in [0.1, 0.15) is 5.56 Å². The molecule has 0 saturated heterocycles. The molecule has 110 valence electrons. The minimum absolute atomic E-state index is 0.0915. The second-order valence-electron chi connectivity index (χ2n) is 3.94. The Morgan fingerprint density at radius 1 is 1.10 bits per heavy atom. The molecule has 0 amide bonds. The van der Waals surface area contributed by atoms with Gasteiger partial charge in [0, 0.05) is 15.9 Å². The molecule has 0 heterocycles. The number of hydrogen-bond acceptors (Lipinski definition) is 3. The smallest absolute Gasteiger partial charge is 0.258 e. The van der Waals surface area contributed by atoms with Gasteiger partial charge in [0.2, 0.25) is 0 Å². The summed E-state index contributed by atoms with van der Waals surface area (Å²) in [6.07, 6.45) is -4.69. The van der Waals surface area contributed by atoms with Crippen LogP contribution < -0.4 is 0 Å². The first-order valence-corrected chi connectivity index (χ1v) is 7.18. The molecule has 0 fully saturated rings. The normalized spacial score (nSPS) is 11.4. The standard InChI is InChI=1S/C13H7BrF3NO2S/c14-12-9(18(19)20)6-7-10(11(12)13(15,16)17)21-8-4-2-1-3-5-8/h1-7H. The van der Waals surface area contributed by atoms with Crippen molar-refractivity contribution in [3.05, 3.63) is 62.6 Å². The van der Waals surface area contributed by atoms with Crippen LogP contribution in [0.15, 0.2) is 56.7 Å². The lowest BCUT2D eigenvalue weighted by Crippen LogP contribution is -2.09. The highest BCUT2D eigenvalue weighted by Gasteiger charge is 2.39. The van der Waals surface area contributed by atoms with Crippen molar-refractivity contribution < 1.29 is 18.1 Å². The monoisotopic (exact) mass is 377 g/mol. The quantitative estimate of drug-likeness (QED) is 0.521. The van der Waals surface area contributed by atoms with E-state index in [2.05, 4.69) is 15.9 Å². The van der Waals surface area contributed by atoms with Gasteiger partial charge < -0.3 is 0 Å². The lowest BCUT2D eigenvalue weighted by molar-refractivity contribution is -0.386. The summed E-state index contributed by atoms with van der Waals surface area (Å²) in [4.78, 5) is 10.4. The minimum Gasteiger partial charge on any atom is -0.258 e. The maximum Gasteiger partial charge on any atom is 0.418 e. The SMILES string of the molecule is O=[N+]([O-])c1ccc(Sc2ccccc2)c(C(F)(F)F)c1Br. The Morgan fingerprint density at radius 3 is 2.24 bits per heavy atom. The fourth-order valence-electron chi connectivity index (χ4n) is 1.65. The predicted molar refractivity (Wildman–Crippen MR) is 76.4 cm³/mol. The molecule has 0 aliphatic carbocycles. The fourth-order valence-corrected chi connectivity index (χ4v) is 3.50. The zero-order valence-corrected chi connectivity index (χ0v) is 12.6. The van der Waals surface area contributed by atoms with E-state index in [-0.39, 0.29) is 4.90 Å². The van der Waals surface area contributed by atoms with E-state index in [1.54, 1.807) is 30.3 Å². The van der Waals surface area contributed by atoms with E-state index in [0.717, 1.165) is 23.9 Å². The minimum atomic E-state index is -4.69. The summed E-state index contributed by atoms with van der Waals surface area (Å²) in [6, 6.07) is 10.7. The number of halogens is 4. The molecule has 3 nitrogen and oxygen atoms in total. The van der Waals surface area contributed by atoms with E-state index in [4.69, 9.17) is 0 Å². The zero-order chi connectivity index (χ0) is 15.6. The van der Waals surface area contributed by atoms with Crippen molar-refractivity contribution in [2.24, 2.45) is 0 Å². The van der Waals surface area contributed by atoms with Gasteiger partial charge in [0.05, 0.1) is 10.5 Å². The first kappa shape index (κ1) is 15.8. The maximum absolute atomic E-state index is 13.2. The van der Waals surface area contributed by atoms with Gasteiger partial charge >= 0.3 is 6.18 Å². The summed E-state index contributed by atoms with van der Waals surface area (Å²) >= 11 is 3.61. The van der Waals surface area contributed by atoms with Gasteiger partial charge in [0.15, 0.2) is 0 Å². The largest absolute Gasteiger partial charge is 0.418 e. The molecule has 0 unspecified atom stereocenters. The van der Waals surface area contributed by atoms with Gasteiger partial charge in [0.1, 0.15) is 4.47 Å². The zero-order valence-electron chi connectivity index (χ0n) is 10.2. The Balaban J connectivity index is 2.56. The van der Waals surface area contributed by atoms with E-state index in [9.17, 15) is 23.3 Å². The highest BCUT2D eigenvalue weighted by Crippen LogP contribution is 2.46. The Morgan fingerprint density at radius 2 is 1.71 bits per heavy atom. The topological polar surface area (TPSA) is 43.1 Å². The first-order valence-electron chi connectivity index (χ1n) is 5.57. The van der Waals surface area contributed by atoms with Gasteiger partial charge in [-0.2, -0.15) is 13.2 Å². The molecule has 0 saturated carbocycles. The molecular weight excluding hydrogens is 371 g/mol. The second kappa shape index (κ2) is 6.07. The van der Waals surface area contributed by atoms with E-state index in [1.807, 2.05) is 0 Å². The van der Waals surface area contributed by atoms with Gasteiger partial charge in [-0.15, -0.1) is 0 Å². The number of rotatable bonds is 3. The van der Waals surface area contributed by atoms with Crippen molar-refractivity contribution in [3.63, 3.8) is 0 Å². The summed E-state index contributed by atoms with van der Waals surface area (Å²) < 4.78 is 39.0. The number of nitro benzene ring substituents is 1. The van der Waals surface area contributed by atoms with Crippen LogP contribution >= 0.6 is 27.7 Å². The maximum atomic E-state index is 13.2. The van der Waals surface area contributed by atoms with Crippen molar-refractivity contribution >= 4 is 33.4 Å². The van der Waals surface area contributed by atoms with E-state index in [0.29, 0.717) is 4.90 Å². The Kier molecular flexibility index (Phi) is 4.58. The predicted octanol–water partition coefficient (Wildman–Crippen LogP) is 5.53. The van der Waals surface area contributed by atoms with E-state index >= 15 is 0 Å². The van der Waals surface area contributed by atoms with Crippen LogP contribution in [0.3, 0.4) is 0 Å². The van der Waals surface area contributed by atoms with Crippen LogP contribution in [0, 0.1) is 10.1 Å². The Labute approximate surface area is 130 Å². The van der Waals surface area contributed by atoms with Crippen molar-refractivity contribution in [3.8, 4) is 0 Å². The molecule has 2 aromatic rings. The van der Waals surface area contributed by atoms with Crippen LogP contribution in [0.2, 0.25) is 0 Å². The highest BCUT2D eigenvalue weighted by atomic mass is 79.9. The molecule has 2 rings (SSSR count). The van der Waals surface area contributed by atoms with Crippen LogP contribution in [-0.4, -0.2) is 4.92 Å². The molecule has 0 spiro atoms. The molecule has 21 heavy (non-hydrogen) atoms. The van der Waals surface area contributed by atoms with Gasteiger partial charge in [-0.25, -0.2) is 0 Å². The van der Waals surface area contributed by atoms with Crippen molar-refractivity contribution in [2.45, 2.75) is 16.0 Å². The molecule has 0 aliphatic rings. The van der Waals surface area contributed by atoms with Crippen LogP contribution in [0.4, 0.5) is 18.9 Å². The molecule has 0 aromatic heterocycles. The molecule has 0 aliphatic heterocycles. The molecule has 0 atom stereocenters. The van der Waals surface area contributed by atoms with Crippen molar-refractivity contribution in [1.82, 2.24) is 0 Å². The second-order valence-corrected chi connectivity index (χ2v) is 5.85. The van der Waals surface area contributed by atoms with Crippen molar-refractivity contribution in [1.29, 1.82) is 0 Å².